The van der Waals surface area contributed by atoms with Crippen molar-refractivity contribution < 1.29 is 0 Å². The van der Waals surface area contributed by atoms with E-state index in [9.17, 15) is 0 Å². The number of para-hydroxylation sites is 1. The minimum absolute atomic E-state index is 0.0162. The molecule has 0 amide bonds. The van der Waals surface area contributed by atoms with Gasteiger partial charge in [0.15, 0.2) is 0 Å². The Hall–Kier alpha value is -7.22. The molecule has 0 aromatic heterocycles. The highest BCUT2D eigenvalue weighted by Gasteiger charge is 2.49. The van der Waals surface area contributed by atoms with Crippen molar-refractivity contribution in [3.63, 3.8) is 0 Å². The first-order valence-corrected chi connectivity index (χ1v) is 23.2. The van der Waals surface area contributed by atoms with Gasteiger partial charge in [-0.3, -0.25) is 0 Å². The lowest BCUT2D eigenvalue weighted by atomic mass is 9.67. The molecule has 9 aromatic rings. The molecular weight excluding hydrogens is 783 g/mol. The van der Waals surface area contributed by atoms with Crippen LogP contribution in [0.1, 0.15) is 97.2 Å². The highest BCUT2D eigenvalue weighted by Crippen LogP contribution is 2.61. The van der Waals surface area contributed by atoms with Gasteiger partial charge in [-0.15, -0.1) is 0 Å². The Balaban J connectivity index is 1.20. The molecule has 65 heavy (non-hydrogen) atoms. The lowest BCUT2D eigenvalue weighted by Crippen LogP contribution is -2.29. The van der Waals surface area contributed by atoms with Crippen molar-refractivity contribution in [2.45, 2.75) is 63.2 Å². The SMILES string of the molecule is CC(C)(C)c1ccc(C2(c3ccccc3)c3ccccc3-c3ccc(N(c4ccccc4)c4cccc5c4-c4ccccc4C5(c4ccccc4)c4cccc(C(C)(C)C)c4)cc32)cc1. The smallest absolute Gasteiger partial charge is 0.0714 e. The molecule has 9 aromatic carbocycles. The summed E-state index contributed by atoms with van der Waals surface area (Å²) in [6.45, 7) is 13.8. The predicted octanol–water partition coefficient (Wildman–Crippen LogP) is 16.5. The average molecular weight is 838 g/mol. The monoisotopic (exact) mass is 837 g/mol. The van der Waals surface area contributed by atoms with Gasteiger partial charge < -0.3 is 4.90 Å². The van der Waals surface area contributed by atoms with Crippen LogP contribution < -0.4 is 4.90 Å². The zero-order chi connectivity index (χ0) is 44.6. The topological polar surface area (TPSA) is 3.24 Å². The molecular formula is C64H55N. The lowest BCUT2D eigenvalue weighted by Gasteiger charge is -2.36. The van der Waals surface area contributed by atoms with Crippen molar-refractivity contribution in [1.29, 1.82) is 0 Å². The average Bonchev–Trinajstić information content (AvgIpc) is 3.81. The van der Waals surface area contributed by atoms with Crippen LogP contribution in [-0.4, -0.2) is 0 Å². The van der Waals surface area contributed by atoms with Crippen LogP contribution in [0.2, 0.25) is 0 Å². The standard InChI is InChI=1S/C64H55N/c1-61(2,3)44-36-38-47(39-37-44)63(45-22-10-7-11-23-45)55-32-18-16-30-52(55)53-41-40-51(43-58(53)63)65(50-28-14-9-15-29-50)59-35-21-34-57-60(59)54-31-17-19-33-56(54)64(57,46-24-12-8-13-25-46)49-27-20-26-48(42-49)62(4,5)6/h7-43H,1-6H3. The molecule has 0 saturated heterocycles. The van der Waals surface area contributed by atoms with Crippen molar-refractivity contribution >= 4 is 17.1 Å². The third kappa shape index (κ3) is 6.20. The Morgan fingerprint density at radius 3 is 1.42 bits per heavy atom. The van der Waals surface area contributed by atoms with Gasteiger partial charge in [0.1, 0.15) is 0 Å². The van der Waals surface area contributed by atoms with E-state index in [2.05, 4.69) is 271 Å². The Morgan fingerprint density at radius 1 is 0.308 bits per heavy atom. The second-order valence-electron chi connectivity index (χ2n) is 20.1. The van der Waals surface area contributed by atoms with Crippen LogP contribution >= 0.6 is 0 Å². The van der Waals surface area contributed by atoms with Crippen molar-refractivity contribution in [3.05, 3.63) is 280 Å². The summed E-state index contributed by atoms with van der Waals surface area (Å²) in [7, 11) is 0. The second-order valence-corrected chi connectivity index (χ2v) is 20.1. The van der Waals surface area contributed by atoms with Crippen LogP contribution in [0.3, 0.4) is 0 Å². The van der Waals surface area contributed by atoms with E-state index in [0.717, 1.165) is 17.1 Å². The molecule has 1 nitrogen and oxygen atoms in total. The number of anilines is 3. The maximum absolute atomic E-state index is 2.52. The van der Waals surface area contributed by atoms with E-state index in [1.807, 2.05) is 0 Å². The van der Waals surface area contributed by atoms with Crippen molar-refractivity contribution in [3.8, 4) is 22.3 Å². The summed E-state index contributed by atoms with van der Waals surface area (Å²) in [5.41, 5.74) is 20.3. The lowest BCUT2D eigenvalue weighted by molar-refractivity contribution is 0.587. The summed E-state index contributed by atoms with van der Waals surface area (Å²) in [5.74, 6) is 0. The van der Waals surface area contributed by atoms with Crippen LogP contribution in [0, 0.1) is 0 Å². The summed E-state index contributed by atoms with van der Waals surface area (Å²) in [5, 5.41) is 0. The van der Waals surface area contributed by atoms with Crippen LogP contribution in [-0.2, 0) is 21.7 Å². The molecule has 0 aliphatic heterocycles. The molecule has 0 radical (unpaired) electrons. The fraction of sp³-hybridized carbons (Fsp3) is 0.156. The number of rotatable bonds is 7. The molecule has 2 unspecified atom stereocenters. The summed E-state index contributed by atoms with van der Waals surface area (Å²) in [6.07, 6.45) is 0. The van der Waals surface area contributed by atoms with E-state index in [1.54, 1.807) is 0 Å². The van der Waals surface area contributed by atoms with Crippen molar-refractivity contribution in [2.75, 3.05) is 4.90 Å². The molecule has 0 heterocycles. The Labute approximate surface area is 385 Å². The highest BCUT2D eigenvalue weighted by molar-refractivity contribution is 5.98. The fourth-order valence-corrected chi connectivity index (χ4v) is 11.3. The Kier molecular flexibility index (Phi) is 9.49. The first-order chi connectivity index (χ1) is 31.5. The maximum Gasteiger partial charge on any atom is 0.0714 e. The molecule has 316 valence electrons. The number of hydrogen-bond acceptors (Lipinski definition) is 1. The van der Waals surface area contributed by atoms with Gasteiger partial charge in [0.25, 0.3) is 0 Å². The number of nitrogens with zero attached hydrogens (tertiary/aromatic N) is 1. The van der Waals surface area contributed by atoms with E-state index in [0.29, 0.717) is 0 Å². The Bertz CT molecular complexity index is 3200. The van der Waals surface area contributed by atoms with Gasteiger partial charge in [-0.05, 0) is 113 Å². The highest BCUT2D eigenvalue weighted by atomic mass is 15.1. The second kappa shape index (κ2) is 15.2. The summed E-state index contributed by atoms with van der Waals surface area (Å²) >= 11 is 0. The van der Waals surface area contributed by atoms with Crippen molar-refractivity contribution in [2.24, 2.45) is 0 Å². The number of hydrogen-bond donors (Lipinski definition) is 0. The molecule has 11 rings (SSSR count). The van der Waals surface area contributed by atoms with Crippen LogP contribution in [0.5, 0.6) is 0 Å². The predicted molar refractivity (Wildman–Crippen MR) is 273 cm³/mol. The van der Waals surface area contributed by atoms with Gasteiger partial charge in [-0.25, -0.2) is 0 Å². The van der Waals surface area contributed by atoms with Gasteiger partial charge in [-0.1, -0.05) is 236 Å². The quantitative estimate of drug-likeness (QED) is 0.155. The molecule has 2 aliphatic carbocycles. The first kappa shape index (κ1) is 40.5. The van der Waals surface area contributed by atoms with Gasteiger partial charge >= 0.3 is 0 Å². The molecule has 0 spiro atoms. The normalized spacial score (nSPS) is 17.2. The third-order valence-electron chi connectivity index (χ3n) is 14.3. The number of fused-ring (bicyclic) bond motifs is 6. The van der Waals surface area contributed by atoms with Crippen molar-refractivity contribution in [1.82, 2.24) is 0 Å². The largest absolute Gasteiger partial charge is 0.310 e. The molecule has 0 bridgehead atoms. The van der Waals surface area contributed by atoms with Crippen LogP contribution in [0.15, 0.2) is 224 Å². The molecule has 0 N–H and O–H groups in total. The molecule has 2 atom stereocenters. The molecule has 0 saturated carbocycles. The summed E-state index contributed by atoms with van der Waals surface area (Å²) < 4.78 is 0. The van der Waals surface area contributed by atoms with E-state index in [-0.39, 0.29) is 10.8 Å². The zero-order valence-corrected chi connectivity index (χ0v) is 38.3. The van der Waals surface area contributed by atoms with Crippen LogP contribution in [0.4, 0.5) is 17.1 Å². The van der Waals surface area contributed by atoms with Gasteiger partial charge in [-0.2, -0.15) is 0 Å². The maximum atomic E-state index is 2.52. The van der Waals surface area contributed by atoms with Crippen LogP contribution in [0.25, 0.3) is 22.3 Å². The fourth-order valence-electron chi connectivity index (χ4n) is 11.3. The minimum Gasteiger partial charge on any atom is -0.310 e. The van der Waals surface area contributed by atoms with E-state index >= 15 is 0 Å². The van der Waals surface area contributed by atoms with Gasteiger partial charge in [0, 0.05) is 16.9 Å². The summed E-state index contributed by atoms with van der Waals surface area (Å²) in [4.78, 5) is 2.52. The summed E-state index contributed by atoms with van der Waals surface area (Å²) in [6, 6.07) is 84.7. The molecule has 0 fully saturated rings. The van der Waals surface area contributed by atoms with E-state index < -0.39 is 10.8 Å². The zero-order valence-electron chi connectivity index (χ0n) is 38.3. The first-order valence-electron chi connectivity index (χ1n) is 23.2. The third-order valence-corrected chi connectivity index (χ3v) is 14.3. The Morgan fingerprint density at radius 2 is 0.785 bits per heavy atom. The number of benzene rings is 9. The van der Waals surface area contributed by atoms with Gasteiger partial charge in [0.05, 0.1) is 16.5 Å². The molecule has 2 aliphatic rings. The van der Waals surface area contributed by atoms with E-state index in [4.69, 9.17) is 0 Å². The van der Waals surface area contributed by atoms with Gasteiger partial charge in [0.2, 0.25) is 0 Å². The molecule has 1 heteroatoms. The van der Waals surface area contributed by atoms with E-state index in [1.165, 1.54) is 77.9 Å². The minimum atomic E-state index is -0.548.